The number of halogens is 1. The highest BCUT2D eigenvalue weighted by atomic mass is 35.5. The number of likely N-dealkylation sites (tertiary alicyclic amines) is 1. The number of amides is 2. The average molecular weight is 415 g/mol. The Kier molecular flexibility index (Phi) is 6.88. The van der Waals surface area contributed by atoms with Gasteiger partial charge in [-0.05, 0) is 48.7 Å². The fraction of sp³-hybridized carbons (Fsp3) is 0.318. The smallest absolute Gasteiger partial charge is 0.308 e. The van der Waals surface area contributed by atoms with Gasteiger partial charge in [-0.1, -0.05) is 29.8 Å². The average Bonchev–Trinajstić information content (AvgIpc) is 2.70. The Hall–Kier alpha value is -2.86. The van der Waals surface area contributed by atoms with Crippen molar-refractivity contribution in [1.82, 2.24) is 10.2 Å². The summed E-state index contributed by atoms with van der Waals surface area (Å²) in [6, 6.07) is 13.8. The van der Waals surface area contributed by atoms with Crippen molar-refractivity contribution in [1.29, 1.82) is 0 Å². The summed E-state index contributed by atoms with van der Waals surface area (Å²) in [5.41, 5.74) is 1.37. The molecule has 1 aliphatic rings. The van der Waals surface area contributed by atoms with E-state index in [1.165, 1.54) is 6.92 Å². The van der Waals surface area contributed by atoms with Gasteiger partial charge in [0, 0.05) is 36.6 Å². The van der Waals surface area contributed by atoms with E-state index in [1.54, 1.807) is 36.4 Å². The summed E-state index contributed by atoms with van der Waals surface area (Å²) >= 11 is 5.88. The topological polar surface area (TPSA) is 75.7 Å². The highest BCUT2D eigenvalue weighted by Gasteiger charge is 2.24. The van der Waals surface area contributed by atoms with Crippen LogP contribution in [0.1, 0.15) is 35.7 Å². The molecule has 1 N–H and O–H groups in total. The zero-order chi connectivity index (χ0) is 20.8. The minimum atomic E-state index is -0.432. The molecule has 7 heteroatoms. The van der Waals surface area contributed by atoms with E-state index < -0.39 is 5.97 Å². The Morgan fingerprint density at radius 1 is 1.10 bits per heavy atom. The van der Waals surface area contributed by atoms with Gasteiger partial charge in [-0.15, -0.1) is 0 Å². The molecule has 152 valence electrons. The molecule has 29 heavy (non-hydrogen) atoms. The van der Waals surface area contributed by atoms with Crippen molar-refractivity contribution >= 4 is 29.4 Å². The molecule has 0 aromatic heterocycles. The number of ether oxygens (including phenoxy) is 1. The lowest BCUT2D eigenvalue weighted by molar-refractivity contribution is -0.132. The minimum Gasteiger partial charge on any atom is -0.427 e. The van der Waals surface area contributed by atoms with Crippen LogP contribution in [-0.4, -0.2) is 41.8 Å². The number of carbonyl (C=O) groups is 3. The van der Waals surface area contributed by atoms with E-state index in [-0.39, 0.29) is 17.9 Å². The molecule has 1 aliphatic heterocycles. The van der Waals surface area contributed by atoms with E-state index in [4.69, 9.17) is 16.3 Å². The first-order valence-electron chi connectivity index (χ1n) is 9.52. The van der Waals surface area contributed by atoms with Crippen molar-refractivity contribution in [2.24, 2.45) is 0 Å². The number of nitrogens with one attached hydrogen (secondary N) is 1. The third-order valence-electron chi connectivity index (χ3n) is 4.81. The lowest BCUT2D eigenvalue weighted by Gasteiger charge is -2.32. The van der Waals surface area contributed by atoms with Crippen molar-refractivity contribution in [3.8, 4) is 5.75 Å². The standard InChI is InChI=1S/C22H23ClN2O4/c1-15(26)29-20-4-2-3-17(14-20)22(28)24-19-9-11-25(12-10-19)21(27)13-16-5-7-18(23)8-6-16/h2-8,14,19H,9-13H2,1H3,(H,24,28). The van der Waals surface area contributed by atoms with Gasteiger partial charge in [0.15, 0.2) is 0 Å². The van der Waals surface area contributed by atoms with Gasteiger partial charge < -0.3 is 15.0 Å². The summed E-state index contributed by atoms with van der Waals surface area (Å²) in [6.07, 6.45) is 1.74. The maximum absolute atomic E-state index is 12.5. The second-order valence-electron chi connectivity index (χ2n) is 7.05. The summed E-state index contributed by atoms with van der Waals surface area (Å²) in [6.45, 7) is 2.52. The van der Waals surface area contributed by atoms with Crippen LogP contribution >= 0.6 is 11.6 Å². The number of esters is 1. The van der Waals surface area contributed by atoms with Gasteiger partial charge in [-0.3, -0.25) is 14.4 Å². The maximum atomic E-state index is 12.5. The van der Waals surface area contributed by atoms with Gasteiger partial charge >= 0.3 is 5.97 Å². The predicted octanol–water partition coefficient (Wildman–Crippen LogP) is 3.23. The van der Waals surface area contributed by atoms with Gasteiger partial charge in [0.1, 0.15) is 5.75 Å². The van der Waals surface area contributed by atoms with E-state index in [9.17, 15) is 14.4 Å². The number of nitrogens with zero attached hydrogens (tertiary/aromatic N) is 1. The van der Waals surface area contributed by atoms with E-state index in [0.29, 0.717) is 48.7 Å². The molecule has 0 saturated carbocycles. The third kappa shape index (κ3) is 6.06. The number of piperidine rings is 1. The van der Waals surface area contributed by atoms with Crippen LogP contribution in [0, 0.1) is 0 Å². The Balaban J connectivity index is 1.49. The molecule has 1 heterocycles. The lowest BCUT2D eigenvalue weighted by Crippen LogP contribution is -2.47. The molecule has 2 aromatic carbocycles. The fourth-order valence-corrected chi connectivity index (χ4v) is 3.42. The van der Waals surface area contributed by atoms with Crippen LogP contribution in [0.2, 0.25) is 5.02 Å². The number of rotatable bonds is 5. The van der Waals surface area contributed by atoms with Crippen molar-refractivity contribution in [2.45, 2.75) is 32.2 Å². The third-order valence-corrected chi connectivity index (χ3v) is 5.06. The number of hydrogen-bond donors (Lipinski definition) is 1. The van der Waals surface area contributed by atoms with E-state index in [1.807, 2.05) is 17.0 Å². The molecule has 0 aliphatic carbocycles. The van der Waals surface area contributed by atoms with E-state index >= 15 is 0 Å². The van der Waals surface area contributed by atoms with Crippen molar-refractivity contribution in [3.63, 3.8) is 0 Å². The lowest BCUT2D eigenvalue weighted by atomic mass is 10.0. The zero-order valence-electron chi connectivity index (χ0n) is 16.2. The molecule has 2 aromatic rings. The SMILES string of the molecule is CC(=O)Oc1cccc(C(=O)NC2CCN(C(=O)Cc3ccc(Cl)cc3)CC2)c1. The van der Waals surface area contributed by atoms with Gasteiger partial charge in [0.2, 0.25) is 5.91 Å². The summed E-state index contributed by atoms with van der Waals surface area (Å²) < 4.78 is 5.02. The van der Waals surface area contributed by atoms with Crippen LogP contribution in [0.3, 0.4) is 0 Å². The molecule has 0 spiro atoms. The number of benzene rings is 2. The highest BCUT2D eigenvalue weighted by Crippen LogP contribution is 2.17. The van der Waals surface area contributed by atoms with E-state index in [0.717, 1.165) is 5.56 Å². The molecule has 0 bridgehead atoms. The number of carbonyl (C=O) groups excluding carboxylic acids is 3. The highest BCUT2D eigenvalue weighted by molar-refractivity contribution is 6.30. The van der Waals surface area contributed by atoms with Gasteiger partial charge in [-0.2, -0.15) is 0 Å². The van der Waals surface area contributed by atoms with Crippen LogP contribution in [0.4, 0.5) is 0 Å². The van der Waals surface area contributed by atoms with Crippen molar-refractivity contribution in [2.75, 3.05) is 13.1 Å². The molecule has 1 fully saturated rings. The second kappa shape index (κ2) is 9.56. The summed E-state index contributed by atoms with van der Waals surface area (Å²) in [4.78, 5) is 37.9. The largest absolute Gasteiger partial charge is 0.427 e. The quantitative estimate of drug-likeness (QED) is 0.602. The van der Waals surface area contributed by atoms with Gasteiger partial charge in [0.05, 0.1) is 6.42 Å². The summed E-state index contributed by atoms with van der Waals surface area (Å²) in [7, 11) is 0. The fourth-order valence-electron chi connectivity index (χ4n) is 3.30. The molecular weight excluding hydrogens is 392 g/mol. The Morgan fingerprint density at radius 3 is 2.45 bits per heavy atom. The molecule has 6 nitrogen and oxygen atoms in total. The Bertz CT molecular complexity index is 890. The first kappa shape index (κ1) is 20.9. The molecular formula is C22H23ClN2O4. The molecule has 1 saturated heterocycles. The van der Waals surface area contributed by atoms with E-state index in [2.05, 4.69) is 5.32 Å². The molecule has 0 atom stereocenters. The first-order chi connectivity index (χ1) is 13.9. The summed E-state index contributed by atoms with van der Waals surface area (Å²) in [5.74, 6) is -0.234. The molecule has 0 unspecified atom stereocenters. The molecule has 2 amide bonds. The molecule has 0 radical (unpaired) electrons. The summed E-state index contributed by atoms with van der Waals surface area (Å²) in [5, 5.41) is 3.65. The van der Waals surface area contributed by atoms with Crippen molar-refractivity contribution < 1.29 is 19.1 Å². The van der Waals surface area contributed by atoms with Gasteiger partial charge in [-0.25, -0.2) is 0 Å². The van der Waals surface area contributed by atoms with Crippen LogP contribution in [0.15, 0.2) is 48.5 Å². The predicted molar refractivity (Wildman–Crippen MR) is 110 cm³/mol. The van der Waals surface area contributed by atoms with Crippen LogP contribution in [0.25, 0.3) is 0 Å². The molecule has 3 rings (SSSR count). The van der Waals surface area contributed by atoms with Crippen molar-refractivity contribution in [3.05, 3.63) is 64.7 Å². The minimum absolute atomic E-state index is 0.000497. The monoisotopic (exact) mass is 414 g/mol. The van der Waals surface area contributed by atoms with Crippen LogP contribution < -0.4 is 10.1 Å². The number of hydrogen-bond acceptors (Lipinski definition) is 4. The Labute approximate surface area is 174 Å². The van der Waals surface area contributed by atoms with Crippen LogP contribution in [-0.2, 0) is 16.0 Å². The normalized spacial score (nSPS) is 14.3. The first-order valence-corrected chi connectivity index (χ1v) is 9.90. The van der Waals surface area contributed by atoms with Gasteiger partial charge in [0.25, 0.3) is 5.91 Å². The maximum Gasteiger partial charge on any atom is 0.308 e. The Morgan fingerprint density at radius 2 is 1.79 bits per heavy atom. The van der Waals surface area contributed by atoms with Crippen LogP contribution in [0.5, 0.6) is 5.75 Å². The second-order valence-corrected chi connectivity index (χ2v) is 7.49. The zero-order valence-corrected chi connectivity index (χ0v) is 16.9.